The largest absolute Gasteiger partial charge is 0.319 e. The average molecular weight is 270 g/mol. The maximum atomic E-state index is 11.9. The van der Waals surface area contributed by atoms with Crippen LogP contribution in [-0.2, 0) is 0 Å². The Morgan fingerprint density at radius 3 is 2.84 bits per heavy atom. The molecule has 3 aromatic heterocycles. The maximum absolute atomic E-state index is 11.9. The fraction of sp³-hybridized carbons (Fsp3) is 0. The minimum atomic E-state index is -0.121. The molecule has 0 saturated carbocycles. The molecule has 0 aliphatic carbocycles. The number of anilines is 1. The molecule has 6 heteroatoms. The first-order valence-electron chi connectivity index (χ1n) is 5.63. The van der Waals surface area contributed by atoms with Crippen LogP contribution in [0.2, 0.25) is 0 Å². The molecule has 0 spiro atoms. The Labute approximate surface area is 113 Å². The van der Waals surface area contributed by atoms with Gasteiger partial charge in [0, 0.05) is 12.4 Å². The maximum Gasteiger partial charge on any atom is 0.265 e. The highest BCUT2D eigenvalue weighted by molar-refractivity contribution is 7.12. The van der Waals surface area contributed by atoms with Gasteiger partial charge in [-0.05, 0) is 23.6 Å². The van der Waals surface area contributed by atoms with Crippen LogP contribution in [0, 0.1) is 0 Å². The second-order valence-electron chi connectivity index (χ2n) is 3.81. The van der Waals surface area contributed by atoms with E-state index < -0.39 is 0 Å². The molecule has 0 fully saturated rings. The molecule has 0 unspecified atom stereocenters. The first-order valence-corrected chi connectivity index (χ1v) is 6.51. The average Bonchev–Trinajstić information content (AvgIpc) is 3.11. The van der Waals surface area contributed by atoms with Gasteiger partial charge in [0.15, 0.2) is 0 Å². The number of nitrogens with one attached hydrogen (secondary N) is 1. The van der Waals surface area contributed by atoms with Crippen molar-refractivity contribution in [1.82, 2.24) is 14.8 Å². The summed E-state index contributed by atoms with van der Waals surface area (Å²) < 4.78 is 1.69. The molecule has 0 radical (unpaired) electrons. The Morgan fingerprint density at radius 2 is 2.11 bits per heavy atom. The number of carbonyl (C=O) groups is 1. The van der Waals surface area contributed by atoms with E-state index in [1.807, 2.05) is 23.6 Å². The number of thiophene rings is 1. The van der Waals surface area contributed by atoms with Crippen molar-refractivity contribution < 1.29 is 4.79 Å². The third-order valence-corrected chi connectivity index (χ3v) is 3.38. The Balaban J connectivity index is 1.77. The van der Waals surface area contributed by atoms with E-state index in [9.17, 15) is 4.79 Å². The quantitative estimate of drug-likeness (QED) is 0.795. The molecule has 0 aromatic carbocycles. The fourth-order valence-electron chi connectivity index (χ4n) is 1.63. The van der Waals surface area contributed by atoms with E-state index in [-0.39, 0.29) is 5.91 Å². The third kappa shape index (κ3) is 2.53. The number of pyridine rings is 1. The van der Waals surface area contributed by atoms with Gasteiger partial charge in [0.2, 0.25) is 0 Å². The lowest BCUT2D eigenvalue weighted by Crippen LogP contribution is -2.09. The minimum absolute atomic E-state index is 0.121. The first kappa shape index (κ1) is 11.6. The molecule has 1 N–H and O–H groups in total. The zero-order valence-corrected chi connectivity index (χ0v) is 10.7. The lowest BCUT2D eigenvalue weighted by molar-refractivity contribution is 0.103. The lowest BCUT2D eigenvalue weighted by Gasteiger charge is -2.00. The van der Waals surface area contributed by atoms with Gasteiger partial charge in [-0.15, -0.1) is 11.3 Å². The van der Waals surface area contributed by atoms with E-state index in [0.717, 1.165) is 5.69 Å². The van der Waals surface area contributed by atoms with Crippen molar-refractivity contribution >= 4 is 22.9 Å². The molecular formula is C13H10N4OS. The normalized spacial score (nSPS) is 10.3. The van der Waals surface area contributed by atoms with Crippen LogP contribution in [-0.4, -0.2) is 20.7 Å². The predicted octanol–water partition coefficient (Wildman–Crippen LogP) is 2.58. The van der Waals surface area contributed by atoms with E-state index in [1.165, 1.54) is 11.3 Å². The molecule has 94 valence electrons. The summed E-state index contributed by atoms with van der Waals surface area (Å²) in [5, 5.41) is 8.88. The van der Waals surface area contributed by atoms with Crippen LogP contribution in [0.3, 0.4) is 0 Å². The highest BCUT2D eigenvalue weighted by Gasteiger charge is 2.08. The number of carbonyl (C=O) groups excluding carboxylic acids is 1. The standard InChI is InChI=1S/C13H10N4OS/c18-13(12-2-1-7-19-12)16-10-8-15-17(9-10)11-3-5-14-6-4-11/h1-9H,(H,16,18). The molecule has 3 aromatic rings. The number of rotatable bonds is 3. The fourth-order valence-corrected chi connectivity index (χ4v) is 2.24. The number of amides is 1. The second kappa shape index (κ2) is 5.03. The van der Waals surface area contributed by atoms with Gasteiger partial charge in [-0.2, -0.15) is 5.10 Å². The summed E-state index contributed by atoms with van der Waals surface area (Å²) in [6, 6.07) is 7.32. The Kier molecular flexibility index (Phi) is 3.07. The van der Waals surface area contributed by atoms with Crippen molar-refractivity contribution in [3.05, 3.63) is 59.3 Å². The van der Waals surface area contributed by atoms with Crippen molar-refractivity contribution in [1.29, 1.82) is 0 Å². The molecule has 0 bridgehead atoms. The Bertz CT molecular complexity index is 676. The van der Waals surface area contributed by atoms with Gasteiger partial charge in [-0.1, -0.05) is 6.07 Å². The Morgan fingerprint density at radius 1 is 1.26 bits per heavy atom. The van der Waals surface area contributed by atoms with Crippen molar-refractivity contribution in [3.63, 3.8) is 0 Å². The topological polar surface area (TPSA) is 59.8 Å². The molecule has 0 aliphatic heterocycles. The van der Waals surface area contributed by atoms with E-state index in [0.29, 0.717) is 10.6 Å². The summed E-state index contributed by atoms with van der Waals surface area (Å²) in [5.74, 6) is -0.121. The van der Waals surface area contributed by atoms with Crippen LogP contribution in [0.4, 0.5) is 5.69 Å². The number of hydrogen-bond donors (Lipinski definition) is 1. The zero-order chi connectivity index (χ0) is 13.1. The second-order valence-corrected chi connectivity index (χ2v) is 4.76. The molecular weight excluding hydrogens is 260 g/mol. The van der Waals surface area contributed by atoms with Gasteiger partial charge in [-0.3, -0.25) is 9.78 Å². The number of nitrogens with zero attached hydrogens (tertiary/aromatic N) is 3. The van der Waals surface area contributed by atoms with Gasteiger partial charge in [-0.25, -0.2) is 4.68 Å². The van der Waals surface area contributed by atoms with Gasteiger partial charge in [0.1, 0.15) is 0 Å². The van der Waals surface area contributed by atoms with E-state index in [1.54, 1.807) is 35.5 Å². The number of aromatic nitrogens is 3. The molecule has 3 heterocycles. The third-order valence-electron chi connectivity index (χ3n) is 2.51. The lowest BCUT2D eigenvalue weighted by atomic mass is 10.4. The molecule has 0 saturated heterocycles. The monoisotopic (exact) mass is 270 g/mol. The predicted molar refractivity (Wildman–Crippen MR) is 73.6 cm³/mol. The van der Waals surface area contributed by atoms with Crippen LogP contribution < -0.4 is 5.32 Å². The first-order chi connectivity index (χ1) is 9.33. The summed E-state index contributed by atoms with van der Waals surface area (Å²) >= 11 is 1.41. The summed E-state index contributed by atoms with van der Waals surface area (Å²) in [6.07, 6.45) is 6.77. The SMILES string of the molecule is O=C(Nc1cnn(-c2ccncc2)c1)c1cccs1. The van der Waals surface area contributed by atoms with Gasteiger partial charge >= 0.3 is 0 Å². The highest BCUT2D eigenvalue weighted by Crippen LogP contribution is 2.14. The molecule has 0 aliphatic rings. The van der Waals surface area contributed by atoms with Crippen molar-refractivity contribution in [2.75, 3.05) is 5.32 Å². The Hall–Kier alpha value is -2.47. The van der Waals surface area contributed by atoms with Gasteiger partial charge < -0.3 is 5.32 Å². The minimum Gasteiger partial charge on any atom is -0.319 e. The zero-order valence-electron chi connectivity index (χ0n) is 9.85. The van der Waals surface area contributed by atoms with Crippen molar-refractivity contribution in [3.8, 4) is 5.69 Å². The summed E-state index contributed by atoms with van der Waals surface area (Å²) in [4.78, 5) is 16.5. The van der Waals surface area contributed by atoms with E-state index in [2.05, 4.69) is 15.4 Å². The molecule has 1 amide bonds. The van der Waals surface area contributed by atoms with Gasteiger partial charge in [0.25, 0.3) is 5.91 Å². The van der Waals surface area contributed by atoms with Crippen molar-refractivity contribution in [2.24, 2.45) is 0 Å². The van der Waals surface area contributed by atoms with Crippen molar-refractivity contribution in [2.45, 2.75) is 0 Å². The molecule has 19 heavy (non-hydrogen) atoms. The van der Waals surface area contributed by atoms with Crippen LogP contribution in [0.5, 0.6) is 0 Å². The number of hydrogen-bond acceptors (Lipinski definition) is 4. The summed E-state index contributed by atoms with van der Waals surface area (Å²) in [5.41, 5.74) is 1.56. The van der Waals surface area contributed by atoms with E-state index in [4.69, 9.17) is 0 Å². The molecule has 0 atom stereocenters. The van der Waals surface area contributed by atoms with Crippen LogP contribution in [0.1, 0.15) is 9.67 Å². The van der Waals surface area contributed by atoms with Crippen LogP contribution in [0.15, 0.2) is 54.4 Å². The van der Waals surface area contributed by atoms with Crippen LogP contribution in [0.25, 0.3) is 5.69 Å². The summed E-state index contributed by atoms with van der Waals surface area (Å²) in [7, 11) is 0. The summed E-state index contributed by atoms with van der Waals surface area (Å²) in [6.45, 7) is 0. The van der Waals surface area contributed by atoms with E-state index >= 15 is 0 Å². The van der Waals surface area contributed by atoms with Gasteiger partial charge in [0.05, 0.1) is 28.6 Å². The highest BCUT2D eigenvalue weighted by atomic mass is 32.1. The molecule has 5 nitrogen and oxygen atoms in total. The molecule has 3 rings (SSSR count). The smallest absolute Gasteiger partial charge is 0.265 e. The van der Waals surface area contributed by atoms with Crippen LogP contribution >= 0.6 is 11.3 Å².